The van der Waals surface area contributed by atoms with E-state index in [0.29, 0.717) is 44.0 Å². The first-order valence-electron chi connectivity index (χ1n) is 19.6. The van der Waals surface area contributed by atoms with Crippen LogP contribution < -0.4 is 0 Å². The molecule has 1 aliphatic rings. The molecular formula is C39H78N2O5. The van der Waals surface area contributed by atoms with Crippen LogP contribution >= 0.6 is 0 Å². The number of esters is 1. The molecule has 1 fully saturated rings. The Hall–Kier alpha value is -0.730. The molecule has 46 heavy (non-hydrogen) atoms. The summed E-state index contributed by atoms with van der Waals surface area (Å²) in [6.07, 6.45) is 16.6. The highest BCUT2D eigenvalue weighted by Gasteiger charge is 2.35. The number of hydrogen-bond acceptors (Lipinski definition) is 7. The maximum absolute atomic E-state index is 13.1. The normalized spacial score (nSPS) is 17.9. The van der Waals surface area contributed by atoms with Crippen LogP contribution in [0.5, 0.6) is 0 Å². The van der Waals surface area contributed by atoms with Gasteiger partial charge < -0.3 is 28.7 Å². The van der Waals surface area contributed by atoms with Gasteiger partial charge >= 0.3 is 5.97 Å². The second-order valence-electron chi connectivity index (χ2n) is 14.6. The van der Waals surface area contributed by atoms with Crippen LogP contribution in [0.1, 0.15) is 138 Å². The summed E-state index contributed by atoms with van der Waals surface area (Å²) in [6.45, 7) is 23.1. The SMILES string of the molecule is CCCCC(CC)COCC(COCC(CC)CCCC)(COCC(CC)CCCC)COC(=O)CCCCN1CCN(C)CC1. The largest absolute Gasteiger partial charge is 0.465 e. The monoisotopic (exact) mass is 655 g/mol. The van der Waals surface area contributed by atoms with Crippen molar-refractivity contribution in [1.82, 2.24) is 9.80 Å². The van der Waals surface area contributed by atoms with Crippen molar-refractivity contribution >= 4 is 5.97 Å². The Bertz CT molecular complexity index is 645. The molecule has 0 spiro atoms. The quantitative estimate of drug-likeness (QED) is 0.0548. The highest BCUT2D eigenvalue weighted by molar-refractivity contribution is 5.69. The van der Waals surface area contributed by atoms with Crippen LogP contribution in [-0.2, 0) is 23.7 Å². The lowest BCUT2D eigenvalue weighted by Gasteiger charge is -2.34. The highest BCUT2D eigenvalue weighted by Crippen LogP contribution is 2.25. The predicted octanol–water partition coefficient (Wildman–Crippen LogP) is 8.63. The van der Waals surface area contributed by atoms with Crippen LogP contribution in [0.15, 0.2) is 0 Å². The third-order valence-corrected chi connectivity index (χ3v) is 10.2. The van der Waals surface area contributed by atoms with E-state index in [0.717, 1.165) is 84.6 Å². The minimum absolute atomic E-state index is 0.110. The molecule has 0 radical (unpaired) electrons. The molecule has 7 nitrogen and oxygen atoms in total. The summed E-state index contributed by atoms with van der Waals surface area (Å²) < 4.78 is 25.5. The Morgan fingerprint density at radius 1 is 0.609 bits per heavy atom. The fraction of sp³-hybridized carbons (Fsp3) is 0.974. The maximum atomic E-state index is 13.1. The molecule has 0 aromatic carbocycles. The summed E-state index contributed by atoms with van der Waals surface area (Å²) >= 11 is 0. The van der Waals surface area contributed by atoms with Crippen LogP contribution in [0.2, 0.25) is 0 Å². The van der Waals surface area contributed by atoms with Gasteiger partial charge in [0, 0.05) is 52.4 Å². The molecule has 0 aromatic rings. The topological polar surface area (TPSA) is 60.5 Å². The molecule has 0 bridgehead atoms. The fourth-order valence-electron chi connectivity index (χ4n) is 6.25. The van der Waals surface area contributed by atoms with Gasteiger partial charge in [-0.05, 0) is 63.5 Å². The minimum Gasteiger partial charge on any atom is -0.465 e. The zero-order chi connectivity index (χ0) is 33.9. The first-order chi connectivity index (χ1) is 22.3. The number of likely N-dealkylation sites (N-methyl/N-ethyl adjacent to an activating group) is 1. The molecule has 0 saturated carbocycles. The number of ether oxygens (including phenoxy) is 4. The van der Waals surface area contributed by atoms with E-state index in [9.17, 15) is 4.79 Å². The molecule has 1 saturated heterocycles. The second kappa shape index (κ2) is 28.1. The van der Waals surface area contributed by atoms with Gasteiger partial charge in [-0.3, -0.25) is 4.79 Å². The smallest absolute Gasteiger partial charge is 0.305 e. The van der Waals surface area contributed by atoms with Crippen LogP contribution in [0.25, 0.3) is 0 Å². The Morgan fingerprint density at radius 3 is 1.43 bits per heavy atom. The molecule has 274 valence electrons. The molecule has 0 aromatic heterocycles. The third-order valence-electron chi connectivity index (χ3n) is 10.2. The van der Waals surface area contributed by atoms with Gasteiger partial charge in [-0.25, -0.2) is 0 Å². The predicted molar refractivity (Wildman–Crippen MR) is 194 cm³/mol. The van der Waals surface area contributed by atoms with E-state index < -0.39 is 5.41 Å². The molecule has 0 aliphatic carbocycles. The molecule has 3 atom stereocenters. The molecule has 0 amide bonds. The van der Waals surface area contributed by atoms with Crippen LogP contribution in [0.4, 0.5) is 0 Å². The van der Waals surface area contributed by atoms with E-state index >= 15 is 0 Å². The van der Waals surface area contributed by atoms with Gasteiger partial charge in [0.1, 0.15) is 6.61 Å². The number of carbonyl (C=O) groups is 1. The van der Waals surface area contributed by atoms with E-state index in [1.54, 1.807) is 0 Å². The van der Waals surface area contributed by atoms with Crippen molar-refractivity contribution in [3.63, 3.8) is 0 Å². The Balaban J connectivity index is 2.91. The second-order valence-corrected chi connectivity index (χ2v) is 14.6. The average molecular weight is 655 g/mol. The average Bonchev–Trinajstić information content (AvgIpc) is 3.07. The van der Waals surface area contributed by atoms with E-state index in [4.69, 9.17) is 18.9 Å². The van der Waals surface area contributed by atoms with Crippen molar-refractivity contribution in [2.24, 2.45) is 23.2 Å². The van der Waals surface area contributed by atoms with Gasteiger partial charge in [0.2, 0.25) is 0 Å². The Kier molecular flexibility index (Phi) is 26.5. The number of unbranched alkanes of at least 4 members (excludes halogenated alkanes) is 4. The van der Waals surface area contributed by atoms with Crippen molar-refractivity contribution in [3.05, 3.63) is 0 Å². The van der Waals surface area contributed by atoms with Gasteiger partial charge in [0.05, 0.1) is 25.2 Å². The van der Waals surface area contributed by atoms with Crippen molar-refractivity contribution in [2.75, 3.05) is 86.0 Å². The zero-order valence-electron chi connectivity index (χ0n) is 31.8. The van der Waals surface area contributed by atoms with Crippen molar-refractivity contribution < 1.29 is 23.7 Å². The minimum atomic E-state index is -0.509. The molecule has 0 N–H and O–H groups in total. The summed E-state index contributed by atoms with van der Waals surface area (Å²) in [5, 5.41) is 0. The summed E-state index contributed by atoms with van der Waals surface area (Å²) in [4.78, 5) is 18.0. The summed E-state index contributed by atoms with van der Waals surface area (Å²) in [7, 11) is 2.19. The highest BCUT2D eigenvalue weighted by atomic mass is 16.5. The summed E-state index contributed by atoms with van der Waals surface area (Å²) in [6, 6.07) is 0. The van der Waals surface area contributed by atoms with Crippen LogP contribution in [-0.4, -0.2) is 102 Å². The third kappa shape index (κ3) is 20.6. The van der Waals surface area contributed by atoms with Gasteiger partial charge in [-0.15, -0.1) is 0 Å². The molecule has 1 heterocycles. The molecule has 1 aliphatic heterocycles. The maximum Gasteiger partial charge on any atom is 0.305 e. The first-order valence-corrected chi connectivity index (χ1v) is 19.6. The Labute approximate surface area is 286 Å². The number of hydrogen-bond donors (Lipinski definition) is 0. The van der Waals surface area contributed by atoms with Crippen LogP contribution in [0.3, 0.4) is 0 Å². The first kappa shape index (κ1) is 43.3. The summed E-state index contributed by atoms with van der Waals surface area (Å²) in [5.74, 6) is 1.55. The molecular weight excluding hydrogens is 576 g/mol. The van der Waals surface area contributed by atoms with Crippen molar-refractivity contribution in [2.45, 2.75) is 138 Å². The van der Waals surface area contributed by atoms with E-state index in [2.05, 4.69) is 58.4 Å². The fourth-order valence-corrected chi connectivity index (χ4v) is 6.25. The van der Waals surface area contributed by atoms with Gasteiger partial charge in [0.15, 0.2) is 0 Å². The van der Waals surface area contributed by atoms with Crippen molar-refractivity contribution in [3.8, 4) is 0 Å². The van der Waals surface area contributed by atoms with Gasteiger partial charge in [-0.2, -0.15) is 0 Å². The van der Waals surface area contributed by atoms with E-state index in [-0.39, 0.29) is 12.6 Å². The number of piperazine rings is 1. The van der Waals surface area contributed by atoms with E-state index in [1.165, 1.54) is 57.8 Å². The van der Waals surface area contributed by atoms with E-state index in [1.807, 2.05) is 0 Å². The molecule has 3 unspecified atom stereocenters. The molecule has 1 rings (SSSR count). The van der Waals surface area contributed by atoms with Crippen molar-refractivity contribution in [1.29, 1.82) is 0 Å². The zero-order valence-corrected chi connectivity index (χ0v) is 31.8. The lowest BCUT2D eigenvalue weighted by Crippen LogP contribution is -2.44. The summed E-state index contributed by atoms with van der Waals surface area (Å²) in [5.41, 5.74) is -0.509. The lowest BCUT2D eigenvalue weighted by atomic mass is 9.91. The molecule has 7 heteroatoms. The van der Waals surface area contributed by atoms with Gasteiger partial charge in [-0.1, -0.05) is 99.3 Å². The van der Waals surface area contributed by atoms with Gasteiger partial charge in [0.25, 0.3) is 0 Å². The standard InChI is InChI=1S/C39H78N2O5/c1-8-14-19-35(11-4)28-43-31-39(32-44-29-36(12-5)20-15-9-2,33-45-30-37(13-6)21-16-10-3)34-46-38(42)22-17-18-23-41-26-24-40(7)25-27-41/h35-37H,8-34H2,1-7H3. The van der Waals surface area contributed by atoms with Crippen LogP contribution in [0, 0.1) is 23.2 Å². The number of nitrogens with zero attached hydrogens (tertiary/aromatic N) is 2. The number of carbonyl (C=O) groups excluding carboxylic acids is 1. The number of rotatable bonds is 31. The lowest BCUT2D eigenvalue weighted by molar-refractivity contribution is -0.157. The Morgan fingerprint density at radius 2 is 1.04 bits per heavy atom.